The molecule has 0 aromatic carbocycles. The van der Waals surface area contributed by atoms with Gasteiger partial charge in [0.25, 0.3) is 0 Å². The van der Waals surface area contributed by atoms with Crippen LogP contribution in [0, 0.1) is 0 Å². The fraction of sp³-hybridized carbons (Fsp3) is 0.273. The summed E-state index contributed by atoms with van der Waals surface area (Å²) in [4.78, 5) is 15.2. The van der Waals surface area contributed by atoms with Crippen LogP contribution in [0.1, 0.15) is 6.92 Å². The molecule has 1 aromatic heterocycles. The average Bonchev–Trinajstić information content (AvgIpc) is 2.27. The fourth-order valence-corrected chi connectivity index (χ4v) is 2.23. The van der Waals surface area contributed by atoms with Crippen molar-refractivity contribution in [1.82, 2.24) is 4.98 Å². The van der Waals surface area contributed by atoms with Crippen LogP contribution in [0.5, 0.6) is 0 Å². The Bertz CT molecular complexity index is 382. The van der Waals surface area contributed by atoms with Crippen LogP contribution in [0.4, 0.5) is 0 Å². The fourth-order valence-electron chi connectivity index (χ4n) is 0.939. The molecule has 1 aromatic rings. The van der Waals surface area contributed by atoms with E-state index in [4.69, 9.17) is 4.74 Å². The molecule has 86 valence electrons. The van der Waals surface area contributed by atoms with E-state index in [-0.39, 0.29) is 5.97 Å². The summed E-state index contributed by atoms with van der Waals surface area (Å²) < 4.78 is 5.72. The second-order valence-electron chi connectivity index (χ2n) is 2.76. The van der Waals surface area contributed by atoms with E-state index in [1.807, 2.05) is 12.1 Å². The van der Waals surface area contributed by atoms with E-state index in [9.17, 15) is 4.79 Å². The number of ether oxygens (including phenoxy) is 1. The van der Waals surface area contributed by atoms with Crippen molar-refractivity contribution in [3.05, 3.63) is 35.0 Å². The molecule has 1 heterocycles. The number of halogens is 1. The Morgan fingerprint density at radius 1 is 1.69 bits per heavy atom. The number of rotatable bonds is 5. The first-order valence-corrected chi connectivity index (χ1v) is 6.58. The molecule has 0 aliphatic rings. The van der Waals surface area contributed by atoms with Crippen molar-refractivity contribution in [2.24, 2.45) is 0 Å². The molecule has 0 amide bonds. The van der Waals surface area contributed by atoms with Gasteiger partial charge in [-0.25, -0.2) is 9.78 Å². The van der Waals surface area contributed by atoms with Gasteiger partial charge in [0.05, 0.1) is 6.61 Å². The molecule has 5 heteroatoms. The monoisotopic (exact) mass is 301 g/mol. The Labute approximate surface area is 107 Å². The molecule has 0 aliphatic carbocycles. The Morgan fingerprint density at radius 2 is 2.50 bits per heavy atom. The van der Waals surface area contributed by atoms with E-state index in [0.29, 0.717) is 12.4 Å². The minimum atomic E-state index is -0.303. The van der Waals surface area contributed by atoms with Crippen LogP contribution in [0.25, 0.3) is 0 Å². The van der Waals surface area contributed by atoms with Gasteiger partial charge < -0.3 is 4.74 Å². The van der Waals surface area contributed by atoms with Crippen LogP contribution in [-0.4, -0.2) is 23.3 Å². The highest BCUT2D eigenvalue weighted by Gasteiger charge is 1.99. The summed E-state index contributed by atoms with van der Waals surface area (Å²) in [6.07, 6.45) is 4.94. The van der Waals surface area contributed by atoms with Crippen molar-refractivity contribution in [2.45, 2.75) is 11.9 Å². The number of hydrogen-bond acceptors (Lipinski definition) is 4. The van der Waals surface area contributed by atoms with E-state index in [1.165, 1.54) is 6.08 Å². The summed E-state index contributed by atoms with van der Waals surface area (Å²) >= 11 is 4.96. The van der Waals surface area contributed by atoms with Gasteiger partial charge in [0.1, 0.15) is 5.03 Å². The van der Waals surface area contributed by atoms with Gasteiger partial charge in [-0.15, -0.1) is 11.8 Å². The van der Waals surface area contributed by atoms with Crippen molar-refractivity contribution < 1.29 is 9.53 Å². The number of nitrogens with zero attached hydrogens (tertiary/aromatic N) is 1. The summed E-state index contributed by atoms with van der Waals surface area (Å²) in [6, 6.07) is 3.80. The van der Waals surface area contributed by atoms with E-state index in [0.717, 1.165) is 9.50 Å². The summed E-state index contributed by atoms with van der Waals surface area (Å²) in [7, 11) is 0. The van der Waals surface area contributed by atoms with Crippen LogP contribution < -0.4 is 0 Å². The largest absolute Gasteiger partial charge is 0.463 e. The maximum Gasteiger partial charge on any atom is 0.330 e. The molecule has 0 fully saturated rings. The Hall–Kier alpha value is -0.810. The molecule has 0 spiro atoms. The summed E-state index contributed by atoms with van der Waals surface area (Å²) in [6.45, 7) is 2.19. The number of aromatic nitrogens is 1. The molecular weight excluding hydrogens is 290 g/mol. The van der Waals surface area contributed by atoms with Crippen LogP contribution in [0.2, 0.25) is 0 Å². The van der Waals surface area contributed by atoms with Gasteiger partial charge in [-0.1, -0.05) is 6.08 Å². The minimum Gasteiger partial charge on any atom is -0.463 e. The van der Waals surface area contributed by atoms with Gasteiger partial charge in [-0.3, -0.25) is 0 Å². The zero-order valence-corrected chi connectivity index (χ0v) is 11.3. The van der Waals surface area contributed by atoms with Crippen molar-refractivity contribution in [3.63, 3.8) is 0 Å². The van der Waals surface area contributed by atoms with Crippen molar-refractivity contribution in [3.8, 4) is 0 Å². The van der Waals surface area contributed by atoms with Gasteiger partial charge >= 0.3 is 5.97 Å². The lowest BCUT2D eigenvalue weighted by Crippen LogP contribution is -1.98. The van der Waals surface area contributed by atoms with Crippen molar-refractivity contribution >= 4 is 33.7 Å². The second-order valence-corrected chi connectivity index (χ2v) is 4.62. The second kappa shape index (κ2) is 7.46. The predicted octanol–water partition coefficient (Wildman–Crippen LogP) is 3.06. The summed E-state index contributed by atoms with van der Waals surface area (Å²) in [5.74, 6) is 0.386. The van der Waals surface area contributed by atoms with E-state index in [2.05, 4.69) is 20.9 Å². The van der Waals surface area contributed by atoms with Crippen LogP contribution in [0.15, 0.2) is 40.0 Å². The number of esters is 1. The average molecular weight is 302 g/mol. The number of carbonyl (C=O) groups excluding carboxylic acids is 1. The Kier molecular flexibility index (Phi) is 6.18. The lowest BCUT2D eigenvalue weighted by Gasteiger charge is -1.99. The lowest BCUT2D eigenvalue weighted by atomic mass is 10.5. The topological polar surface area (TPSA) is 39.2 Å². The molecule has 0 radical (unpaired) electrons. The SMILES string of the molecule is CCOC(=O)/C=C/CSc1ncccc1Br. The minimum absolute atomic E-state index is 0.303. The first-order valence-electron chi connectivity index (χ1n) is 4.80. The Balaban J connectivity index is 2.36. The Morgan fingerprint density at radius 3 is 3.19 bits per heavy atom. The molecule has 1 rings (SSSR count). The number of hydrogen-bond donors (Lipinski definition) is 0. The third-order valence-corrected chi connectivity index (χ3v) is 3.44. The van der Waals surface area contributed by atoms with E-state index < -0.39 is 0 Å². The summed E-state index contributed by atoms with van der Waals surface area (Å²) in [5, 5.41) is 0.913. The zero-order chi connectivity index (χ0) is 11.8. The summed E-state index contributed by atoms with van der Waals surface area (Å²) in [5.41, 5.74) is 0. The van der Waals surface area contributed by atoms with Gasteiger partial charge in [0.15, 0.2) is 0 Å². The highest BCUT2D eigenvalue weighted by atomic mass is 79.9. The molecule has 0 atom stereocenters. The van der Waals surface area contributed by atoms with Gasteiger partial charge in [0, 0.05) is 22.5 Å². The smallest absolute Gasteiger partial charge is 0.330 e. The van der Waals surface area contributed by atoms with E-state index >= 15 is 0 Å². The third kappa shape index (κ3) is 4.81. The van der Waals surface area contributed by atoms with Crippen LogP contribution >= 0.6 is 27.7 Å². The van der Waals surface area contributed by atoms with Gasteiger partial charge in [-0.2, -0.15) is 0 Å². The standard InChI is InChI=1S/C11H12BrNO2S/c1-2-15-10(14)6-4-8-16-11-9(12)5-3-7-13-11/h3-7H,2,8H2,1H3/b6-4+. The lowest BCUT2D eigenvalue weighted by molar-refractivity contribution is -0.137. The zero-order valence-electron chi connectivity index (χ0n) is 8.85. The molecule has 0 saturated heterocycles. The molecule has 0 saturated carbocycles. The van der Waals surface area contributed by atoms with Crippen molar-refractivity contribution in [1.29, 1.82) is 0 Å². The number of pyridine rings is 1. The maximum absolute atomic E-state index is 11.0. The number of carbonyl (C=O) groups is 1. The van der Waals surface area contributed by atoms with Crippen LogP contribution in [0.3, 0.4) is 0 Å². The maximum atomic E-state index is 11.0. The molecule has 3 nitrogen and oxygen atoms in total. The normalized spacial score (nSPS) is 10.6. The molecular formula is C11H12BrNO2S. The number of thioether (sulfide) groups is 1. The quantitative estimate of drug-likeness (QED) is 0.476. The first-order chi connectivity index (χ1) is 7.74. The van der Waals surface area contributed by atoms with Gasteiger partial charge in [-0.05, 0) is 35.0 Å². The van der Waals surface area contributed by atoms with Crippen LogP contribution in [-0.2, 0) is 9.53 Å². The molecule has 0 unspecified atom stereocenters. The third-order valence-electron chi connectivity index (χ3n) is 1.58. The molecule has 0 N–H and O–H groups in total. The van der Waals surface area contributed by atoms with E-state index in [1.54, 1.807) is 31.0 Å². The van der Waals surface area contributed by atoms with Crippen molar-refractivity contribution in [2.75, 3.05) is 12.4 Å². The van der Waals surface area contributed by atoms with Gasteiger partial charge in [0.2, 0.25) is 0 Å². The highest BCUT2D eigenvalue weighted by Crippen LogP contribution is 2.24. The first kappa shape index (κ1) is 13.3. The highest BCUT2D eigenvalue weighted by molar-refractivity contribution is 9.10. The molecule has 0 aliphatic heterocycles. The molecule has 0 bridgehead atoms. The predicted molar refractivity (Wildman–Crippen MR) is 68.4 cm³/mol. The molecule has 16 heavy (non-hydrogen) atoms.